The molecule has 0 bridgehead atoms. The maximum atomic E-state index is 13.1. The first-order valence-electron chi connectivity index (χ1n) is 12.3. The van der Waals surface area contributed by atoms with E-state index in [0.717, 1.165) is 47.1 Å². The van der Waals surface area contributed by atoms with Crippen molar-refractivity contribution in [2.45, 2.75) is 44.6 Å². The van der Waals surface area contributed by atoms with Crippen molar-refractivity contribution in [1.29, 1.82) is 0 Å². The Bertz CT molecular complexity index is 1210. The molecule has 3 aromatic rings. The second-order valence-corrected chi connectivity index (χ2v) is 10.5. The van der Waals surface area contributed by atoms with Gasteiger partial charge in [0.05, 0.1) is 21.8 Å². The van der Waals surface area contributed by atoms with Crippen molar-refractivity contribution < 1.29 is 9.90 Å². The summed E-state index contributed by atoms with van der Waals surface area (Å²) in [6, 6.07) is 12.0. The number of hydrogen-bond acceptors (Lipinski definition) is 5. The summed E-state index contributed by atoms with van der Waals surface area (Å²) in [5.41, 5.74) is 4.36. The molecule has 2 N–H and O–H groups in total. The first-order chi connectivity index (χ1) is 16.4. The molecule has 34 heavy (non-hydrogen) atoms. The number of ketones is 1. The van der Waals surface area contributed by atoms with Gasteiger partial charge in [0.2, 0.25) is 0 Å². The van der Waals surface area contributed by atoms with E-state index in [0.29, 0.717) is 22.5 Å². The molecular weight excluding hydrogens is 446 g/mol. The van der Waals surface area contributed by atoms with E-state index in [4.69, 9.17) is 11.6 Å². The van der Waals surface area contributed by atoms with E-state index in [1.807, 2.05) is 18.2 Å². The highest BCUT2D eigenvalue weighted by molar-refractivity contribution is 6.32. The highest BCUT2D eigenvalue weighted by Gasteiger charge is 2.33. The highest BCUT2D eigenvalue weighted by atomic mass is 35.5. The molecule has 178 valence electrons. The van der Waals surface area contributed by atoms with Crippen LogP contribution in [0.25, 0.3) is 22.0 Å². The second kappa shape index (κ2) is 9.55. The normalized spacial score (nSPS) is 20.6. The molecule has 0 amide bonds. The lowest BCUT2D eigenvalue weighted by Gasteiger charge is -2.33. The van der Waals surface area contributed by atoms with Gasteiger partial charge >= 0.3 is 0 Å². The van der Waals surface area contributed by atoms with Crippen LogP contribution in [0.1, 0.15) is 48.9 Å². The first kappa shape index (κ1) is 23.1. The van der Waals surface area contributed by atoms with Gasteiger partial charge in [-0.1, -0.05) is 23.7 Å². The minimum atomic E-state index is 0.0662. The van der Waals surface area contributed by atoms with Gasteiger partial charge in [-0.25, -0.2) is 0 Å². The van der Waals surface area contributed by atoms with Gasteiger partial charge in [-0.2, -0.15) is 0 Å². The van der Waals surface area contributed by atoms with Gasteiger partial charge < -0.3 is 15.3 Å². The number of benzene rings is 2. The topological polar surface area (TPSA) is 65.5 Å². The summed E-state index contributed by atoms with van der Waals surface area (Å²) in [5, 5.41) is 14.8. The fourth-order valence-corrected chi connectivity index (χ4v) is 5.29. The number of anilines is 1. The van der Waals surface area contributed by atoms with Crippen LogP contribution < -0.4 is 5.32 Å². The number of halogens is 1. The van der Waals surface area contributed by atoms with Crippen LogP contribution in [0.3, 0.4) is 0 Å². The van der Waals surface area contributed by atoms with Crippen LogP contribution in [0.15, 0.2) is 42.6 Å². The number of carbonyl (C=O) groups excluding carboxylic acids is 1. The number of phenols is 1. The minimum Gasteiger partial charge on any atom is -0.506 e. The minimum absolute atomic E-state index is 0.0662. The summed E-state index contributed by atoms with van der Waals surface area (Å²) in [6.07, 6.45) is 8.52. The molecule has 0 spiro atoms. The lowest BCUT2D eigenvalue weighted by molar-refractivity contribution is 0.0968. The fraction of sp³-hybridized carbons (Fsp3) is 0.429. The standard InChI is InChI=1S/C28H32ClN3O2/c1-32(2)21-9-3-17(4-10-21)15-31-27-22-13-19(20-8-12-26(33)24(29)14-20)7-11-25(22)30-16-23(27)28(34)18-5-6-18/h7-8,11-14,16-18,21,33H,3-6,9-10,15H2,1-2H3,(H,30,31)/t17-,21-. The predicted octanol–water partition coefficient (Wildman–Crippen LogP) is 6.39. The van der Waals surface area contributed by atoms with Crippen LogP contribution in [0.2, 0.25) is 5.02 Å². The molecule has 2 aliphatic rings. The second-order valence-electron chi connectivity index (χ2n) is 10.1. The SMILES string of the molecule is CN(C)[C@H]1CC[C@H](CNc2c(C(=O)C3CC3)cnc3ccc(-c4ccc(O)c(Cl)c4)cc23)CC1. The molecule has 5 nitrogen and oxygen atoms in total. The zero-order valence-electron chi connectivity index (χ0n) is 19.9. The van der Waals surface area contributed by atoms with Gasteiger partial charge in [0.1, 0.15) is 5.75 Å². The predicted molar refractivity (Wildman–Crippen MR) is 139 cm³/mol. The van der Waals surface area contributed by atoms with Crippen molar-refractivity contribution in [2.24, 2.45) is 11.8 Å². The van der Waals surface area contributed by atoms with E-state index in [1.54, 1.807) is 18.3 Å². The average molecular weight is 478 g/mol. The van der Waals surface area contributed by atoms with E-state index in [1.165, 1.54) is 25.7 Å². The van der Waals surface area contributed by atoms with Gasteiger partial charge in [0.25, 0.3) is 0 Å². The molecule has 2 aliphatic carbocycles. The smallest absolute Gasteiger partial charge is 0.169 e. The van der Waals surface area contributed by atoms with Crippen LogP contribution in [-0.2, 0) is 0 Å². The van der Waals surface area contributed by atoms with Gasteiger partial charge in [-0.3, -0.25) is 9.78 Å². The van der Waals surface area contributed by atoms with Gasteiger partial charge in [0.15, 0.2) is 5.78 Å². The lowest BCUT2D eigenvalue weighted by atomic mass is 9.85. The summed E-state index contributed by atoms with van der Waals surface area (Å²) < 4.78 is 0. The van der Waals surface area contributed by atoms with Crippen molar-refractivity contribution in [1.82, 2.24) is 9.88 Å². The number of nitrogens with one attached hydrogen (secondary N) is 1. The molecule has 0 radical (unpaired) electrons. The van der Waals surface area contributed by atoms with Crippen LogP contribution in [0.5, 0.6) is 5.75 Å². The molecule has 5 rings (SSSR count). The quantitative estimate of drug-likeness (QED) is 0.386. The Kier molecular flexibility index (Phi) is 6.50. The molecule has 0 saturated heterocycles. The van der Waals surface area contributed by atoms with Crippen LogP contribution in [0.4, 0.5) is 5.69 Å². The number of aromatic nitrogens is 1. The summed E-state index contributed by atoms with van der Waals surface area (Å²) in [5.74, 6) is 1.000. The molecule has 0 atom stereocenters. The van der Waals surface area contributed by atoms with Crippen molar-refractivity contribution in [3.8, 4) is 16.9 Å². The Morgan fingerprint density at radius 2 is 1.76 bits per heavy atom. The Morgan fingerprint density at radius 1 is 1.06 bits per heavy atom. The Hall–Kier alpha value is -2.63. The van der Waals surface area contributed by atoms with E-state index in [-0.39, 0.29) is 17.5 Å². The van der Waals surface area contributed by atoms with Crippen molar-refractivity contribution >= 4 is 34.0 Å². The van der Waals surface area contributed by atoms with Crippen LogP contribution in [0, 0.1) is 11.8 Å². The number of phenolic OH excluding ortho intramolecular Hbond substituents is 1. The van der Waals surface area contributed by atoms with E-state index in [2.05, 4.69) is 35.4 Å². The molecule has 1 heterocycles. The van der Waals surface area contributed by atoms with Gasteiger partial charge in [-0.05, 0) is 93.9 Å². The number of hydrogen-bond donors (Lipinski definition) is 2. The maximum absolute atomic E-state index is 13.1. The molecule has 2 fully saturated rings. The van der Waals surface area contributed by atoms with Crippen molar-refractivity contribution in [3.63, 3.8) is 0 Å². The van der Waals surface area contributed by atoms with Crippen LogP contribution in [-0.4, -0.2) is 47.5 Å². The summed E-state index contributed by atoms with van der Waals surface area (Å²) >= 11 is 6.16. The third-order valence-corrected chi connectivity index (χ3v) is 7.78. The van der Waals surface area contributed by atoms with E-state index < -0.39 is 0 Å². The number of fused-ring (bicyclic) bond motifs is 1. The highest BCUT2D eigenvalue weighted by Crippen LogP contribution is 2.38. The molecule has 2 aromatic carbocycles. The lowest BCUT2D eigenvalue weighted by Crippen LogP contribution is -2.33. The van der Waals surface area contributed by atoms with Crippen LogP contribution >= 0.6 is 11.6 Å². The number of Topliss-reactive ketones (excluding diaryl/α,β-unsaturated/α-hetero) is 1. The zero-order chi connectivity index (χ0) is 23.8. The third-order valence-electron chi connectivity index (χ3n) is 7.48. The first-order valence-corrected chi connectivity index (χ1v) is 12.6. The van der Waals surface area contributed by atoms with E-state index >= 15 is 0 Å². The van der Waals surface area contributed by atoms with Crippen molar-refractivity contribution in [2.75, 3.05) is 26.0 Å². The summed E-state index contributed by atoms with van der Waals surface area (Å²) in [7, 11) is 4.34. The molecule has 6 heteroatoms. The molecule has 0 unspecified atom stereocenters. The number of carbonyl (C=O) groups is 1. The van der Waals surface area contributed by atoms with Gasteiger partial charge in [0, 0.05) is 30.1 Å². The Labute approximate surface area is 206 Å². The molecule has 2 saturated carbocycles. The number of rotatable bonds is 7. The average Bonchev–Trinajstić information content (AvgIpc) is 3.69. The number of pyridine rings is 1. The Morgan fingerprint density at radius 3 is 2.44 bits per heavy atom. The maximum Gasteiger partial charge on any atom is 0.169 e. The largest absolute Gasteiger partial charge is 0.506 e. The molecule has 1 aromatic heterocycles. The Balaban J connectivity index is 1.48. The third kappa shape index (κ3) is 4.77. The number of aromatic hydroxyl groups is 1. The van der Waals surface area contributed by atoms with E-state index in [9.17, 15) is 9.90 Å². The zero-order valence-corrected chi connectivity index (χ0v) is 20.6. The monoisotopic (exact) mass is 477 g/mol. The fourth-order valence-electron chi connectivity index (χ4n) is 5.11. The molecular formula is C28H32ClN3O2. The molecule has 0 aliphatic heterocycles. The van der Waals surface area contributed by atoms with Crippen molar-refractivity contribution in [3.05, 3.63) is 53.2 Å². The summed E-state index contributed by atoms with van der Waals surface area (Å²) in [4.78, 5) is 20.1. The number of nitrogens with zero attached hydrogens (tertiary/aromatic N) is 2. The summed E-state index contributed by atoms with van der Waals surface area (Å²) in [6.45, 7) is 0.861. The van der Waals surface area contributed by atoms with Gasteiger partial charge in [-0.15, -0.1) is 0 Å².